The van der Waals surface area contributed by atoms with Crippen LogP contribution >= 0.6 is 11.8 Å². The van der Waals surface area contributed by atoms with E-state index in [4.69, 9.17) is 9.83 Å². The minimum atomic E-state index is -0.542. The second-order valence-corrected chi connectivity index (χ2v) is 7.04. The minimum absolute atomic E-state index is 0.00462. The Bertz CT molecular complexity index is 1270. The number of benzene rings is 2. The van der Waals surface area contributed by atoms with E-state index < -0.39 is 5.91 Å². The standard InChI is InChI=1S/C20H11N3O3S/c21-18-13(9-11-10-26-15-7-3-1-5-12(15)17(11)24)19(25)22-20-23(18)14-6-2-4-8-16(14)27-20/h1-10,21H/b13-9+,21-18?. The highest BCUT2D eigenvalue weighted by atomic mass is 32.2. The summed E-state index contributed by atoms with van der Waals surface area (Å²) in [5.41, 5.74) is 1.28. The van der Waals surface area contributed by atoms with E-state index in [9.17, 15) is 9.59 Å². The van der Waals surface area contributed by atoms with Gasteiger partial charge in [0.15, 0.2) is 10.6 Å². The number of amides is 1. The largest absolute Gasteiger partial charge is 0.463 e. The Labute approximate surface area is 157 Å². The van der Waals surface area contributed by atoms with Crippen molar-refractivity contribution in [2.24, 2.45) is 4.99 Å². The fourth-order valence-electron chi connectivity index (χ4n) is 3.11. The van der Waals surface area contributed by atoms with Crippen LogP contribution < -0.4 is 10.3 Å². The first-order chi connectivity index (χ1) is 13.1. The van der Waals surface area contributed by atoms with Crippen LogP contribution in [0.25, 0.3) is 17.0 Å². The number of aliphatic imine (C=N–C) groups is 1. The molecule has 0 aliphatic carbocycles. The Balaban J connectivity index is 1.65. The van der Waals surface area contributed by atoms with E-state index in [2.05, 4.69) is 4.99 Å². The Kier molecular flexibility index (Phi) is 3.38. The van der Waals surface area contributed by atoms with E-state index >= 15 is 0 Å². The highest BCUT2D eigenvalue weighted by molar-refractivity contribution is 8.15. The summed E-state index contributed by atoms with van der Waals surface area (Å²) < 4.78 is 5.50. The molecule has 1 amide bonds. The molecule has 0 saturated heterocycles. The van der Waals surface area contributed by atoms with Gasteiger partial charge in [-0.1, -0.05) is 24.3 Å². The van der Waals surface area contributed by atoms with E-state index in [0.717, 1.165) is 10.6 Å². The van der Waals surface area contributed by atoms with Gasteiger partial charge in [-0.25, -0.2) is 0 Å². The lowest BCUT2D eigenvalue weighted by Gasteiger charge is -2.24. The maximum atomic E-state index is 12.7. The van der Waals surface area contributed by atoms with Crippen LogP contribution in [0.4, 0.5) is 5.69 Å². The average molecular weight is 373 g/mol. The van der Waals surface area contributed by atoms with Gasteiger partial charge >= 0.3 is 0 Å². The van der Waals surface area contributed by atoms with Crippen molar-refractivity contribution < 1.29 is 9.21 Å². The zero-order valence-electron chi connectivity index (χ0n) is 13.8. The molecule has 0 saturated carbocycles. The van der Waals surface area contributed by atoms with Crippen LogP contribution in [0.3, 0.4) is 0 Å². The molecule has 0 radical (unpaired) electrons. The van der Waals surface area contributed by atoms with Gasteiger partial charge in [0.2, 0.25) is 0 Å². The number of carbonyl (C=O) groups excluding carboxylic acids is 1. The molecule has 0 fully saturated rings. The third-order valence-electron chi connectivity index (χ3n) is 4.41. The summed E-state index contributed by atoms with van der Waals surface area (Å²) in [6.07, 6.45) is 2.69. The fraction of sp³-hybridized carbons (Fsp3) is 0. The molecule has 5 rings (SSSR count). The number of anilines is 1. The summed E-state index contributed by atoms with van der Waals surface area (Å²) >= 11 is 1.35. The molecule has 0 bridgehead atoms. The Morgan fingerprint density at radius 2 is 1.85 bits per heavy atom. The molecule has 3 heterocycles. The van der Waals surface area contributed by atoms with E-state index in [1.165, 1.54) is 24.1 Å². The van der Waals surface area contributed by atoms with Crippen LogP contribution in [-0.4, -0.2) is 16.9 Å². The smallest absolute Gasteiger partial charge is 0.283 e. The van der Waals surface area contributed by atoms with E-state index in [0.29, 0.717) is 16.1 Å². The second kappa shape index (κ2) is 5.78. The Morgan fingerprint density at radius 1 is 1.07 bits per heavy atom. The summed E-state index contributed by atoms with van der Waals surface area (Å²) in [7, 11) is 0. The number of carbonyl (C=O) groups is 1. The zero-order chi connectivity index (χ0) is 18.5. The SMILES string of the molecule is N=C1/C(=C\c2coc3ccccc3c2=O)C(=O)N=C2Sc3ccccc3N12. The zero-order valence-corrected chi connectivity index (χ0v) is 14.6. The van der Waals surface area contributed by atoms with Crippen LogP contribution in [0.1, 0.15) is 5.56 Å². The third kappa shape index (κ3) is 2.36. The van der Waals surface area contributed by atoms with Crippen molar-refractivity contribution >= 4 is 51.4 Å². The molecule has 1 N–H and O–H groups in total. The number of amidine groups is 2. The number of fused-ring (bicyclic) bond motifs is 4. The lowest BCUT2D eigenvalue weighted by atomic mass is 10.1. The van der Waals surface area contributed by atoms with Gasteiger partial charge < -0.3 is 4.42 Å². The number of rotatable bonds is 1. The van der Waals surface area contributed by atoms with Gasteiger partial charge in [0.25, 0.3) is 5.91 Å². The molecule has 0 unspecified atom stereocenters. The molecule has 7 heteroatoms. The van der Waals surface area contributed by atoms with Crippen molar-refractivity contribution in [2.75, 3.05) is 4.90 Å². The van der Waals surface area contributed by atoms with Crippen molar-refractivity contribution in [3.8, 4) is 0 Å². The van der Waals surface area contributed by atoms with Gasteiger partial charge in [-0.05, 0) is 42.1 Å². The molecular formula is C20H11N3O3S. The lowest BCUT2D eigenvalue weighted by molar-refractivity contribution is -0.113. The Hall–Kier alpha value is -3.45. The molecule has 130 valence electrons. The summed E-state index contributed by atoms with van der Waals surface area (Å²) in [5.74, 6) is -0.547. The normalized spacial score (nSPS) is 17.3. The molecular weight excluding hydrogens is 362 g/mol. The molecule has 6 nitrogen and oxygen atoms in total. The molecule has 3 aromatic rings. The highest BCUT2D eigenvalue weighted by Gasteiger charge is 2.37. The van der Waals surface area contributed by atoms with E-state index in [-0.39, 0.29) is 22.4 Å². The van der Waals surface area contributed by atoms with Crippen molar-refractivity contribution in [1.29, 1.82) is 5.41 Å². The van der Waals surface area contributed by atoms with Crippen molar-refractivity contribution in [2.45, 2.75) is 4.90 Å². The number of para-hydroxylation sites is 2. The van der Waals surface area contributed by atoms with E-state index in [1.54, 1.807) is 29.2 Å². The number of hydrogen-bond donors (Lipinski definition) is 1. The predicted molar refractivity (Wildman–Crippen MR) is 105 cm³/mol. The van der Waals surface area contributed by atoms with Crippen LogP contribution in [0.2, 0.25) is 0 Å². The molecule has 0 spiro atoms. The van der Waals surface area contributed by atoms with Gasteiger partial charge in [-0.2, -0.15) is 4.99 Å². The fourth-order valence-corrected chi connectivity index (χ4v) is 4.13. The molecule has 27 heavy (non-hydrogen) atoms. The third-order valence-corrected chi connectivity index (χ3v) is 5.43. The predicted octanol–water partition coefficient (Wildman–Crippen LogP) is 3.66. The minimum Gasteiger partial charge on any atom is -0.463 e. The lowest BCUT2D eigenvalue weighted by Crippen LogP contribution is -2.39. The van der Waals surface area contributed by atoms with Gasteiger partial charge in [0.1, 0.15) is 17.7 Å². The van der Waals surface area contributed by atoms with Crippen molar-refractivity contribution in [3.05, 3.63) is 76.2 Å². The molecule has 1 aromatic heterocycles. The summed E-state index contributed by atoms with van der Waals surface area (Å²) in [6, 6.07) is 14.5. The van der Waals surface area contributed by atoms with Crippen LogP contribution in [0, 0.1) is 5.41 Å². The highest BCUT2D eigenvalue weighted by Crippen LogP contribution is 2.42. The maximum Gasteiger partial charge on any atom is 0.283 e. The number of hydrogen-bond acceptors (Lipinski definition) is 5. The first kappa shape index (κ1) is 15.8. The van der Waals surface area contributed by atoms with Crippen LogP contribution in [-0.2, 0) is 4.79 Å². The molecule has 0 atom stereocenters. The van der Waals surface area contributed by atoms with Crippen LogP contribution in [0.5, 0.6) is 0 Å². The first-order valence-corrected chi connectivity index (χ1v) is 8.96. The summed E-state index contributed by atoms with van der Waals surface area (Å²) in [4.78, 5) is 31.9. The quantitative estimate of drug-likeness (QED) is 0.658. The first-order valence-electron chi connectivity index (χ1n) is 8.15. The van der Waals surface area contributed by atoms with Gasteiger partial charge in [0.05, 0.1) is 22.2 Å². The summed E-state index contributed by atoms with van der Waals surface area (Å²) in [6.45, 7) is 0. The molecule has 2 aromatic carbocycles. The number of nitrogens with one attached hydrogen (secondary N) is 1. The van der Waals surface area contributed by atoms with E-state index in [1.807, 2.05) is 24.3 Å². The molecule has 2 aliphatic heterocycles. The monoisotopic (exact) mass is 373 g/mol. The topological polar surface area (TPSA) is 86.7 Å². The van der Waals surface area contributed by atoms with Crippen molar-refractivity contribution in [1.82, 2.24) is 0 Å². The Morgan fingerprint density at radius 3 is 2.74 bits per heavy atom. The molecule has 2 aliphatic rings. The number of thioether (sulfide) groups is 1. The maximum absolute atomic E-state index is 12.7. The van der Waals surface area contributed by atoms with Gasteiger partial charge in [-0.3, -0.25) is 19.9 Å². The number of nitrogens with zero attached hydrogens (tertiary/aromatic N) is 2. The van der Waals surface area contributed by atoms with Crippen molar-refractivity contribution in [3.63, 3.8) is 0 Å². The second-order valence-electron chi connectivity index (χ2n) is 6.03. The van der Waals surface area contributed by atoms with Gasteiger partial charge in [0, 0.05) is 4.90 Å². The van der Waals surface area contributed by atoms with Gasteiger partial charge in [-0.15, -0.1) is 0 Å². The van der Waals surface area contributed by atoms with Crippen LogP contribution in [0.15, 0.2) is 79.5 Å². The average Bonchev–Trinajstić information content (AvgIpc) is 3.05. The summed E-state index contributed by atoms with van der Waals surface area (Å²) in [5, 5.41) is 9.40.